The van der Waals surface area contributed by atoms with Crippen molar-refractivity contribution in [2.24, 2.45) is 11.7 Å². The summed E-state index contributed by atoms with van der Waals surface area (Å²) in [7, 11) is 3.82. The Kier molecular flexibility index (Phi) is 15.6. The molecule has 1 saturated heterocycles. The summed E-state index contributed by atoms with van der Waals surface area (Å²) in [5.41, 5.74) is 5.58. The van der Waals surface area contributed by atoms with E-state index < -0.39 is 0 Å². The largest absolute Gasteiger partial charge is 0.380 e. The minimum absolute atomic E-state index is 0. The van der Waals surface area contributed by atoms with Crippen molar-refractivity contribution in [2.45, 2.75) is 45.1 Å². The Bertz CT molecular complexity index is 297. The standard InChI is InChI=1S/C16H33N3O2.2ClH/c1-4-5-8-18(2)13-14-6-9-19(10-7-14)16(20)11-15(12-17)21-3;;/h14-15H,4-13,17H2,1-3H3;2*1H. The summed E-state index contributed by atoms with van der Waals surface area (Å²) in [6.07, 6.45) is 5.01. The number of rotatable bonds is 9. The number of nitrogens with two attached hydrogens (primary N) is 1. The Morgan fingerprint density at radius 1 is 1.35 bits per heavy atom. The Labute approximate surface area is 154 Å². The smallest absolute Gasteiger partial charge is 0.225 e. The number of hydrogen-bond acceptors (Lipinski definition) is 4. The second-order valence-corrected chi connectivity index (χ2v) is 6.24. The van der Waals surface area contributed by atoms with Crippen LogP contribution in [0.2, 0.25) is 0 Å². The van der Waals surface area contributed by atoms with Gasteiger partial charge in [-0.25, -0.2) is 0 Å². The van der Waals surface area contributed by atoms with Gasteiger partial charge in [0, 0.05) is 33.3 Å². The number of piperidine rings is 1. The molecule has 1 fully saturated rings. The van der Waals surface area contributed by atoms with Crippen LogP contribution in [-0.4, -0.2) is 68.7 Å². The summed E-state index contributed by atoms with van der Waals surface area (Å²) in [6.45, 7) is 6.74. The van der Waals surface area contributed by atoms with E-state index in [1.165, 1.54) is 19.4 Å². The fourth-order valence-electron chi connectivity index (χ4n) is 2.91. The molecule has 1 rings (SSSR count). The molecule has 140 valence electrons. The summed E-state index contributed by atoms with van der Waals surface area (Å²) >= 11 is 0. The SMILES string of the molecule is CCCCN(C)CC1CCN(C(=O)CC(CN)OC)CC1.Cl.Cl. The van der Waals surface area contributed by atoms with E-state index in [4.69, 9.17) is 10.5 Å². The Morgan fingerprint density at radius 3 is 2.43 bits per heavy atom. The van der Waals surface area contributed by atoms with E-state index in [1.807, 2.05) is 4.90 Å². The number of likely N-dealkylation sites (tertiary alicyclic amines) is 1. The van der Waals surface area contributed by atoms with E-state index in [-0.39, 0.29) is 36.8 Å². The summed E-state index contributed by atoms with van der Waals surface area (Å²) < 4.78 is 5.19. The second-order valence-electron chi connectivity index (χ2n) is 6.24. The molecule has 1 aliphatic heterocycles. The molecule has 0 saturated carbocycles. The van der Waals surface area contributed by atoms with Gasteiger partial charge in [0.15, 0.2) is 0 Å². The highest BCUT2D eigenvalue weighted by Gasteiger charge is 2.24. The van der Waals surface area contributed by atoms with Crippen molar-refractivity contribution in [1.29, 1.82) is 0 Å². The minimum atomic E-state index is -0.143. The molecule has 0 aromatic carbocycles. The first kappa shape index (κ1) is 25.2. The molecule has 0 aliphatic carbocycles. The van der Waals surface area contributed by atoms with Gasteiger partial charge in [0.2, 0.25) is 5.91 Å². The number of halogens is 2. The van der Waals surface area contributed by atoms with Crippen LogP contribution in [0, 0.1) is 5.92 Å². The zero-order chi connectivity index (χ0) is 15.7. The van der Waals surface area contributed by atoms with Gasteiger partial charge in [-0.2, -0.15) is 0 Å². The van der Waals surface area contributed by atoms with Crippen molar-refractivity contribution in [3.8, 4) is 0 Å². The fraction of sp³-hybridized carbons (Fsp3) is 0.938. The quantitative estimate of drug-likeness (QED) is 0.674. The van der Waals surface area contributed by atoms with Crippen LogP contribution >= 0.6 is 24.8 Å². The highest BCUT2D eigenvalue weighted by atomic mass is 35.5. The molecule has 0 radical (unpaired) electrons. The molecule has 23 heavy (non-hydrogen) atoms. The third-order valence-corrected chi connectivity index (χ3v) is 4.43. The van der Waals surface area contributed by atoms with E-state index in [1.54, 1.807) is 7.11 Å². The maximum Gasteiger partial charge on any atom is 0.225 e. The lowest BCUT2D eigenvalue weighted by Crippen LogP contribution is -2.43. The Balaban J connectivity index is 0. The first-order chi connectivity index (χ1) is 10.1. The van der Waals surface area contributed by atoms with Gasteiger partial charge in [-0.1, -0.05) is 13.3 Å². The molecule has 5 nitrogen and oxygen atoms in total. The minimum Gasteiger partial charge on any atom is -0.380 e. The van der Waals surface area contributed by atoms with Crippen LogP contribution in [-0.2, 0) is 9.53 Å². The van der Waals surface area contributed by atoms with E-state index in [0.29, 0.717) is 13.0 Å². The fourth-order valence-corrected chi connectivity index (χ4v) is 2.91. The molecule has 1 aliphatic rings. The van der Waals surface area contributed by atoms with Gasteiger partial charge in [-0.15, -0.1) is 24.8 Å². The second kappa shape index (κ2) is 14.3. The molecule has 1 heterocycles. The molecule has 0 aromatic heterocycles. The predicted molar refractivity (Wildman–Crippen MR) is 101 cm³/mol. The number of amides is 1. The normalized spacial score (nSPS) is 16.7. The van der Waals surface area contributed by atoms with Gasteiger partial charge in [0.05, 0.1) is 12.5 Å². The molecule has 2 N–H and O–H groups in total. The van der Waals surface area contributed by atoms with Gasteiger partial charge in [0.1, 0.15) is 0 Å². The van der Waals surface area contributed by atoms with Crippen LogP contribution in [0.5, 0.6) is 0 Å². The molecule has 1 unspecified atom stereocenters. The Hall–Kier alpha value is -0.0700. The van der Waals surface area contributed by atoms with Gasteiger partial charge >= 0.3 is 0 Å². The summed E-state index contributed by atoms with van der Waals surface area (Å²) in [6, 6.07) is 0. The van der Waals surface area contributed by atoms with Crippen molar-refractivity contribution in [3.05, 3.63) is 0 Å². The summed E-state index contributed by atoms with van der Waals surface area (Å²) in [5.74, 6) is 0.911. The van der Waals surface area contributed by atoms with Gasteiger partial charge in [-0.05, 0) is 38.8 Å². The highest BCUT2D eigenvalue weighted by molar-refractivity contribution is 5.85. The number of nitrogens with zero attached hydrogens (tertiary/aromatic N) is 2. The van der Waals surface area contributed by atoms with Crippen molar-refractivity contribution >= 4 is 30.7 Å². The molecule has 0 spiro atoms. The van der Waals surface area contributed by atoms with E-state index in [9.17, 15) is 4.79 Å². The molecule has 0 bridgehead atoms. The van der Waals surface area contributed by atoms with Crippen LogP contribution in [0.4, 0.5) is 0 Å². The predicted octanol–water partition coefficient (Wildman–Crippen LogP) is 2.16. The summed E-state index contributed by atoms with van der Waals surface area (Å²) in [4.78, 5) is 16.6. The van der Waals surface area contributed by atoms with Crippen molar-refractivity contribution < 1.29 is 9.53 Å². The first-order valence-electron chi connectivity index (χ1n) is 8.29. The molecular formula is C16H35Cl2N3O2. The van der Waals surface area contributed by atoms with Gasteiger partial charge in [-0.3, -0.25) is 4.79 Å². The number of carbonyl (C=O) groups is 1. The molecule has 1 amide bonds. The zero-order valence-electron chi connectivity index (χ0n) is 14.8. The molecule has 1 atom stereocenters. The number of methoxy groups -OCH3 is 1. The Morgan fingerprint density at radius 2 is 1.96 bits per heavy atom. The lowest BCUT2D eigenvalue weighted by atomic mass is 9.96. The number of hydrogen-bond donors (Lipinski definition) is 1. The van der Waals surface area contributed by atoms with E-state index in [2.05, 4.69) is 18.9 Å². The monoisotopic (exact) mass is 371 g/mol. The van der Waals surface area contributed by atoms with Crippen molar-refractivity contribution in [1.82, 2.24) is 9.80 Å². The van der Waals surface area contributed by atoms with E-state index in [0.717, 1.165) is 38.4 Å². The zero-order valence-corrected chi connectivity index (χ0v) is 16.5. The van der Waals surface area contributed by atoms with Crippen molar-refractivity contribution in [3.63, 3.8) is 0 Å². The number of carbonyl (C=O) groups excluding carboxylic acids is 1. The highest BCUT2D eigenvalue weighted by Crippen LogP contribution is 2.19. The van der Waals surface area contributed by atoms with Crippen molar-refractivity contribution in [2.75, 3.05) is 46.9 Å². The molecule has 7 heteroatoms. The van der Waals surface area contributed by atoms with Crippen LogP contribution in [0.15, 0.2) is 0 Å². The lowest BCUT2D eigenvalue weighted by Gasteiger charge is -2.34. The van der Waals surface area contributed by atoms with Crippen LogP contribution in [0.1, 0.15) is 39.0 Å². The molecular weight excluding hydrogens is 337 g/mol. The van der Waals surface area contributed by atoms with E-state index >= 15 is 0 Å². The third kappa shape index (κ3) is 9.72. The summed E-state index contributed by atoms with van der Waals surface area (Å²) in [5, 5.41) is 0. The average molecular weight is 372 g/mol. The van der Waals surface area contributed by atoms with Gasteiger partial charge < -0.3 is 20.3 Å². The first-order valence-corrected chi connectivity index (χ1v) is 8.29. The molecule has 0 aromatic rings. The number of ether oxygens (including phenoxy) is 1. The van der Waals surface area contributed by atoms with Crippen LogP contribution in [0.25, 0.3) is 0 Å². The van der Waals surface area contributed by atoms with Gasteiger partial charge in [0.25, 0.3) is 0 Å². The van der Waals surface area contributed by atoms with Crippen LogP contribution < -0.4 is 5.73 Å². The maximum atomic E-state index is 12.2. The van der Waals surface area contributed by atoms with Crippen LogP contribution in [0.3, 0.4) is 0 Å². The average Bonchev–Trinajstić information content (AvgIpc) is 2.51. The number of unbranched alkanes of at least 4 members (excludes halogenated alkanes) is 1. The maximum absolute atomic E-state index is 12.2. The lowest BCUT2D eigenvalue weighted by molar-refractivity contribution is -0.135. The third-order valence-electron chi connectivity index (χ3n) is 4.43. The topological polar surface area (TPSA) is 58.8 Å².